The number of hydrogen-bond donors (Lipinski definition) is 0. The van der Waals surface area contributed by atoms with E-state index in [-0.39, 0.29) is 11.7 Å². The van der Waals surface area contributed by atoms with Crippen molar-refractivity contribution in [2.24, 2.45) is 5.92 Å². The van der Waals surface area contributed by atoms with Crippen molar-refractivity contribution >= 4 is 11.6 Å². The SMILES string of the molecule is CC(C)COc1ccc(C(=O)N2CCN(c3ccccc3F)CC2)cc1. The molecule has 1 fully saturated rings. The Kier molecular flexibility index (Phi) is 5.76. The highest BCUT2D eigenvalue weighted by atomic mass is 19.1. The number of anilines is 1. The molecule has 2 aromatic rings. The van der Waals surface area contributed by atoms with Gasteiger partial charge in [0.25, 0.3) is 5.91 Å². The number of para-hydroxylation sites is 1. The molecule has 1 saturated heterocycles. The predicted molar refractivity (Wildman–Crippen MR) is 101 cm³/mol. The van der Waals surface area contributed by atoms with Gasteiger partial charge in [-0.1, -0.05) is 26.0 Å². The standard InChI is InChI=1S/C21H25FN2O2/c1-16(2)15-26-18-9-7-17(8-10-18)21(25)24-13-11-23(12-14-24)20-6-4-3-5-19(20)22/h3-10,16H,11-15H2,1-2H3. The summed E-state index contributed by atoms with van der Waals surface area (Å²) in [6, 6.07) is 14.1. The molecule has 0 atom stereocenters. The summed E-state index contributed by atoms with van der Waals surface area (Å²) in [4.78, 5) is 16.5. The normalized spacial score (nSPS) is 14.6. The van der Waals surface area contributed by atoms with E-state index in [1.54, 1.807) is 24.3 Å². The summed E-state index contributed by atoms with van der Waals surface area (Å²) in [5.41, 5.74) is 1.26. The highest BCUT2D eigenvalue weighted by Crippen LogP contribution is 2.21. The fourth-order valence-electron chi connectivity index (χ4n) is 3.00. The number of halogens is 1. The Morgan fingerprint density at radius 2 is 1.69 bits per heavy atom. The van der Waals surface area contributed by atoms with Gasteiger partial charge in [0.15, 0.2) is 0 Å². The first-order valence-corrected chi connectivity index (χ1v) is 9.06. The van der Waals surface area contributed by atoms with Crippen molar-refractivity contribution in [3.8, 4) is 5.75 Å². The molecule has 0 aliphatic carbocycles. The molecule has 0 radical (unpaired) electrons. The highest BCUT2D eigenvalue weighted by Gasteiger charge is 2.23. The summed E-state index contributed by atoms with van der Waals surface area (Å²) in [5.74, 6) is 1.03. The maximum absolute atomic E-state index is 13.9. The topological polar surface area (TPSA) is 32.8 Å². The second-order valence-corrected chi connectivity index (χ2v) is 6.96. The highest BCUT2D eigenvalue weighted by molar-refractivity contribution is 5.94. The average Bonchev–Trinajstić information content (AvgIpc) is 2.67. The lowest BCUT2D eigenvalue weighted by atomic mass is 10.1. The smallest absolute Gasteiger partial charge is 0.253 e. The molecular formula is C21H25FN2O2. The second kappa shape index (κ2) is 8.21. The van der Waals surface area contributed by atoms with Crippen molar-refractivity contribution in [2.75, 3.05) is 37.7 Å². The van der Waals surface area contributed by atoms with Crippen molar-refractivity contribution in [3.05, 3.63) is 59.9 Å². The molecular weight excluding hydrogens is 331 g/mol. The van der Waals surface area contributed by atoms with E-state index < -0.39 is 0 Å². The van der Waals surface area contributed by atoms with Gasteiger partial charge in [-0.3, -0.25) is 4.79 Å². The van der Waals surface area contributed by atoms with Crippen molar-refractivity contribution in [1.82, 2.24) is 4.90 Å². The van der Waals surface area contributed by atoms with Gasteiger partial charge >= 0.3 is 0 Å². The van der Waals surface area contributed by atoms with Gasteiger partial charge < -0.3 is 14.5 Å². The Bertz CT molecular complexity index is 738. The number of amides is 1. The fraction of sp³-hybridized carbons (Fsp3) is 0.381. The summed E-state index contributed by atoms with van der Waals surface area (Å²) in [6.07, 6.45) is 0. The molecule has 1 aliphatic rings. The quantitative estimate of drug-likeness (QED) is 0.816. The average molecular weight is 356 g/mol. The summed E-state index contributed by atoms with van der Waals surface area (Å²) >= 11 is 0. The van der Waals surface area contributed by atoms with E-state index in [0.717, 1.165) is 5.75 Å². The Hall–Kier alpha value is -2.56. The van der Waals surface area contributed by atoms with Crippen LogP contribution in [0.4, 0.5) is 10.1 Å². The molecule has 1 aliphatic heterocycles. The molecule has 0 aromatic heterocycles. The zero-order valence-electron chi connectivity index (χ0n) is 15.3. The summed E-state index contributed by atoms with van der Waals surface area (Å²) < 4.78 is 19.6. The van der Waals surface area contributed by atoms with Gasteiger partial charge in [-0.25, -0.2) is 4.39 Å². The molecule has 3 rings (SSSR count). The minimum absolute atomic E-state index is 0.00796. The first-order valence-electron chi connectivity index (χ1n) is 9.06. The molecule has 4 nitrogen and oxygen atoms in total. The van der Waals surface area contributed by atoms with Crippen LogP contribution in [-0.2, 0) is 0 Å². The number of piperazine rings is 1. The monoisotopic (exact) mass is 356 g/mol. The molecule has 0 saturated carbocycles. The lowest BCUT2D eigenvalue weighted by Crippen LogP contribution is -2.49. The zero-order chi connectivity index (χ0) is 18.5. The van der Waals surface area contributed by atoms with Crippen molar-refractivity contribution in [1.29, 1.82) is 0 Å². The van der Waals surface area contributed by atoms with Crippen LogP contribution in [0.15, 0.2) is 48.5 Å². The van der Waals surface area contributed by atoms with E-state index in [0.29, 0.717) is 50.0 Å². The first-order chi connectivity index (χ1) is 12.5. The molecule has 0 bridgehead atoms. The van der Waals surface area contributed by atoms with Crippen LogP contribution in [0, 0.1) is 11.7 Å². The largest absolute Gasteiger partial charge is 0.493 e. The minimum atomic E-state index is -0.218. The van der Waals surface area contributed by atoms with Gasteiger partial charge in [0, 0.05) is 31.7 Å². The third-order valence-electron chi connectivity index (χ3n) is 4.44. The van der Waals surface area contributed by atoms with Crippen LogP contribution in [0.2, 0.25) is 0 Å². The molecule has 1 heterocycles. The van der Waals surface area contributed by atoms with Gasteiger partial charge in [0.1, 0.15) is 11.6 Å². The number of carbonyl (C=O) groups is 1. The minimum Gasteiger partial charge on any atom is -0.493 e. The van der Waals surface area contributed by atoms with Crippen LogP contribution >= 0.6 is 0 Å². The predicted octanol–water partition coefficient (Wildman–Crippen LogP) is 3.82. The van der Waals surface area contributed by atoms with E-state index in [1.807, 2.05) is 28.0 Å². The summed E-state index contributed by atoms with van der Waals surface area (Å²) in [5, 5.41) is 0. The Labute approximate surface area is 154 Å². The first kappa shape index (κ1) is 18.2. The van der Waals surface area contributed by atoms with Gasteiger partial charge in [-0.15, -0.1) is 0 Å². The molecule has 26 heavy (non-hydrogen) atoms. The van der Waals surface area contributed by atoms with Gasteiger partial charge in [0.05, 0.1) is 12.3 Å². The summed E-state index contributed by atoms with van der Waals surface area (Å²) in [6.45, 7) is 7.27. The van der Waals surface area contributed by atoms with Gasteiger partial charge in [-0.2, -0.15) is 0 Å². The summed E-state index contributed by atoms with van der Waals surface area (Å²) in [7, 11) is 0. The van der Waals surface area contributed by atoms with E-state index >= 15 is 0 Å². The van der Waals surface area contributed by atoms with Crippen LogP contribution in [0.1, 0.15) is 24.2 Å². The maximum Gasteiger partial charge on any atom is 0.253 e. The molecule has 5 heteroatoms. The fourth-order valence-corrected chi connectivity index (χ4v) is 3.00. The lowest BCUT2D eigenvalue weighted by molar-refractivity contribution is 0.0746. The van der Waals surface area contributed by atoms with Crippen LogP contribution in [-0.4, -0.2) is 43.6 Å². The molecule has 138 valence electrons. The molecule has 2 aromatic carbocycles. The van der Waals surface area contributed by atoms with E-state index in [9.17, 15) is 9.18 Å². The third-order valence-corrected chi connectivity index (χ3v) is 4.44. The van der Waals surface area contributed by atoms with Crippen LogP contribution in [0.3, 0.4) is 0 Å². The van der Waals surface area contributed by atoms with E-state index in [4.69, 9.17) is 4.74 Å². The number of hydrogen-bond acceptors (Lipinski definition) is 3. The van der Waals surface area contributed by atoms with Crippen molar-refractivity contribution in [2.45, 2.75) is 13.8 Å². The molecule has 0 unspecified atom stereocenters. The van der Waals surface area contributed by atoms with E-state index in [1.165, 1.54) is 6.07 Å². The number of nitrogens with zero attached hydrogens (tertiary/aromatic N) is 2. The Morgan fingerprint density at radius 1 is 1.04 bits per heavy atom. The number of rotatable bonds is 5. The van der Waals surface area contributed by atoms with Crippen molar-refractivity contribution in [3.63, 3.8) is 0 Å². The Balaban J connectivity index is 1.57. The molecule has 0 N–H and O–H groups in total. The second-order valence-electron chi connectivity index (χ2n) is 6.96. The van der Waals surface area contributed by atoms with Crippen molar-refractivity contribution < 1.29 is 13.9 Å². The number of ether oxygens (including phenoxy) is 1. The van der Waals surface area contributed by atoms with Crippen LogP contribution in [0.5, 0.6) is 5.75 Å². The number of carbonyl (C=O) groups excluding carboxylic acids is 1. The third kappa shape index (κ3) is 4.34. The van der Waals surface area contributed by atoms with Crippen LogP contribution < -0.4 is 9.64 Å². The maximum atomic E-state index is 13.9. The molecule has 1 amide bonds. The lowest BCUT2D eigenvalue weighted by Gasteiger charge is -2.36. The molecule has 0 spiro atoms. The van der Waals surface area contributed by atoms with Gasteiger partial charge in [0.2, 0.25) is 0 Å². The number of benzene rings is 2. The van der Waals surface area contributed by atoms with Crippen LogP contribution in [0.25, 0.3) is 0 Å². The zero-order valence-corrected chi connectivity index (χ0v) is 15.3. The van der Waals surface area contributed by atoms with Gasteiger partial charge in [-0.05, 0) is 42.3 Å². The Morgan fingerprint density at radius 3 is 2.31 bits per heavy atom. The van der Waals surface area contributed by atoms with E-state index in [2.05, 4.69) is 13.8 Å².